The topological polar surface area (TPSA) is 243 Å². The molecular formula is C17H14N4O11S2. The van der Waals surface area contributed by atoms with Crippen LogP contribution in [0, 0.1) is 10.1 Å². The molecule has 4 N–H and O–H groups in total. The number of azo groups is 1. The number of aldehydes is 1. The number of nitro benzene ring substituents is 1. The number of amides is 1. The number of nitro groups is 1. The number of hydrogen-bond acceptors (Lipinski definition) is 11. The lowest BCUT2D eigenvalue weighted by Crippen LogP contribution is -2.16. The summed E-state index contributed by atoms with van der Waals surface area (Å²) in [5.74, 6) is -2.00. The fourth-order valence-corrected chi connectivity index (χ4v) is 3.53. The average molecular weight is 514 g/mol. The minimum atomic E-state index is -5.01. The summed E-state index contributed by atoms with van der Waals surface area (Å²) in [7, 11) is -9.71. The summed E-state index contributed by atoms with van der Waals surface area (Å²) in [5.41, 5.74) is -2.76. The molecular weight excluding hydrogens is 500 g/mol. The van der Waals surface area contributed by atoms with Crippen LogP contribution >= 0.6 is 0 Å². The van der Waals surface area contributed by atoms with Gasteiger partial charge in [-0.25, -0.2) is 0 Å². The van der Waals surface area contributed by atoms with E-state index in [1.165, 1.54) is 0 Å². The second kappa shape index (κ2) is 9.83. The van der Waals surface area contributed by atoms with Gasteiger partial charge in [-0.3, -0.25) is 28.8 Å². The van der Waals surface area contributed by atoms with E-state index in [1.54, 1.807) is 0 Å². The smallest absolute Gasteiger partial charge is 0.297 e. The van der Waals surface area contributed by atoms with Gasteiger partial charge in [-0.1, -0.05) is 0 Å². The minimum Gasteiger partial charge on any atom is -0.510 e. The Bertz CT molecular complexity index is 1460. The van der Waals surface area contributed by atoms with Gasteiger partial charge in [0.1, 0.15) is 16.3 Å². The molecule has 180 valence electrons. The zero-order valence-electron chi connectivity index (χ0n) is 16.8. The number of benzene rings is 2. The van der Waals surface area contributed by atoms with E-state index in [2.05, 4.69) is 15.5 Å². The maximum absolute atomic E-state index is 12.6. The van der Waals surface area contributed by atoms with E-state index in [0.717, 1.165) is 37.3 Å². The van der Waals surface area contributed by atoms with Crippen molar-refractivity contribution in [3.05, 3.63) is 63.5 Å². The number of aliphatic hydroxyl groups excluding tert-OH is 1. The van der Waals surface area contributed by atoms with Crippen molar-refractivity contribution in [1.82, 2.24) is 0 Å². The maximum atomic E-state index is 12.6. The number of allylic oxidation sites excluding steroid dienone is 1. The van der Waals surface area contributed by atoms with Crippen molar-refractivity contribution < 1.29 is 45.6 Å². The Morgan fingerprint density at radius 1 is 1.09 bits per heavy atom. The van der Waals surface area contributed by atoms with E-state index in [0.29, 0.717) is 6.07 Å². The molecule has 0 bridgehead atoms. The van der Waals surface area contributed by atoms with E-state index >= 15 is 0 Å². The van der Waals surface area contributed by atoms with Gasteiger partial charge < -0.3 is 10.4 Å². The summed E-state index contributed by atoms with van der Waals surface area (Å²) in [5, 5.41) is 29.6. The van der Waals surface area contributed by atoms with Gasteiger partial charge in [-0.05, 0) is 31.2 Å². The first-order valence-corrected chi connectivity index (χ1v) is 11.5. The molecule has 0 saturated heterocycles. The minimum absolute atomic E-state index is 0.211. The molecule has 2 aromatic carbocycles. The molecule has 0 saturated carbocycles. The highest BCUT2D eigenvalue weighted by Crippen LogP contribution is 2.29. The summed E-state index contributed by atoms with van der Waals surface area (Å²) in [6, 6.07) is 4.79. The van der Waals surface area contributed by atoms with Crippen LogP contribution in [0.1, 0.15) is 17.3 Å². The van der Waals surface area contributed by atoms with E-state index in [-0.39, 0.29) is 11.8 Å². The number of aliphatic hydroxyl groups is 1. The Hall–Kier alpha value is -4.06. The number of non-ortho nitro benzene ring substituents is 1. The monoisotopic (exact) mass is 514 g/mol. The molecule has 0 aliphatic heterocycles. The summed E-state index contributed by atoms with van der Waals surface area (Å²) in [6.45, 7) is 0.989. The van der Waals surface area contributed by atoms with Crippen molar-refractivity contribution in [1.29, 1.82) is 0 Å². The highest BCUT2D eigenvalue weighted by atomic mass is 32.2. The standard InChI is InChI=1S/C17H14N4O11S2/c1-9(23)16(17(24)18-14-7-12(33(27,28)29)4-2-10(14)8-22)20-19-13-5-3-11(21(25)26)6-15(13)34(30,31)32/h2-8,23H,1H3,(H,18,24)(H,27,28,29)(H,30,31,32). The predicted molar refractivity (Wildman–Crippen MR) is 113 cm³/mol. The summed E-state index contributed by atoms with van der Waals surface area (Å²) in [6.07, 6.45) is 0.259. The van der Waals surface area contributed by atoms with E-state index in [1.807, 2.05) is 0 Å². The Kier molecular flexibility index (Phi) is 7.57. The van der Waals surface area contributed by atoms with Crippen LogP contribution in [-0.4, -0.2) is 48.2 Å². The van der Waals surface area contributed by atoms with Crippen LogP contribution in [0.5, 0.6) is 0 Å². The van der Waals surface area contributed by atoms with E-state index in [4.69, 9.17) is 4.55 Å². The van der Waals surface area contributed by atoms with Crippen molar-refractivity contribution in [2.45, 2.75) is 16.7 Å². The SMILES string of the molecule is CC(O)=C(N=Nc1ccc([N+](=O)[O-])cc1S(=O)(=O)O)C(=O)Nc1cc(S(=O)(=O)O)ccc1C=O. The molecule has 0 aromatic heterocycles. The molecule has 2 rings (SSSR count). The van der Waals surface area contributed by atoms with Crippen LogP contribution in [0.3, 0.4) is 0 Å². The predicted octanol–water partition coefficient (Wildman–Crippen LogP) is 2.41. The largest absolute Gasteiger partial charge is 0.510 e. The van der Waals surface area contributed by atoms with Crippen molar-refractivity contribution >= 4 is 49.5 Å². The molecule has 0 aliphatic rings. The van der Waals surface area contributed by atoms with E-state index < -0.39 is 69.4 Å². The highest BCUT2D eigenvalue weighted by Gasteiger charge is 2.22. The molecule has 0 atom stereocenters. The Labute approximate surface area is 191 Å². The van der Waals surface area contributed by atoms with Crippen molar-refractivity contribution in [2.24, 2.45) is 10.2 Å². The lowest BCUT2D eigenvalue weighted by molar-refractivity contribution is -0.385. The third-order valence-electron chi connectivity index (χ3n) is 3.95. The van der Waals surface area contributed by atoms with Crippen LogP contribution in [0.15, 0.2) is 67.9 Å². The van der Waals surface area contributed by atoms with Gasteiger partial charge in [0.05, 0.1) is 15.5 Å². The van der Waals surface area contributed by atoms with Crippen molar-refractivity contribution in [2.75, 3.05) is 5.32 Å². The average Bonchev–Trinajstić information content (AvgIpc) is 2.72. The molecule has 0 heterocycles. The maximum Gasteiger partial charge on any atom is 0.297 e. The van der Waals surface area contributed by atoms with Gasteiger partial charge in [0, 0.05) is 17.7 Å². The normalized spacial score (nSPS) is 12.8. The fourth-order valence-electron chi connectivity index (χ4n) is 2.38. The molecule has 0 aliphatic carbocycles. The number of nitrogens with one attached hydrogen (secondary N) is 1. The van der Waals surface area contributed by atoms with Crippen LogP contribution in [0.25, 0.3) is 0 Å². The Balaban J connectivity index is 2.49. The third-order valence-corrected chi connectivity index (χ3v) is 5.68. The van der Waals surface area contributed by atoms with Crippen LogP contribution in [0.2, 0.25) is 0 Å². The van der Waals surface area contributed by atoms with Crippen molar-refractivity contribution in [3.8, 4) is 0 Å². The molecule has 0 radical (unpaired) electrons. The van der Waals surface area contributed by atoms with Gasteiger partial charge in [0.15, 0.2) is 12.0 Å². The molecule has 17 heteroatoms. The zero-order valence-corrected chi connectivity index (χ0v) is 18.4. The summed E-state index contributed by atoms with van der Waals surface area (Å²) < 4.78 is 64.2. The van der Waals surface area contributed by atoms with Crippen LogP contribution in [-0.2, 0) is 25.0 Å². The van der Waals surface area contributed by atoms with Gasteiger partial charge in [0.2, 0.25) is 0 Å². The lowest BCUT2D eigenvalue weighted by Gasteiger charge is -2.09. The van der Waals surface area contributed by atoms with Gasteiger partial charge >= 0.3 is 0 Å². The number of nitrogens with zero attached hydrogens (tertiary/aromatic N) is 3. The van der Waals surface area contributed by atoms with Gasteiger partial charge in [-0.2, -0.15) is 16.8 Å². The number of rotatable bonds is 8. The molecule has 0 unspecified atom stereocenters. The molecule has 0 fully saturated rings. The van der Waals surface area contributed by atoms with Gasteiger partial charge in [0.25, 0.3) is 31.8 Å². The van der Waals surface area contributed by atoms with Crippen molar-refractivity contribution in [3.63, 3.8) is 0 Å². The highest BCUT2D eigenvalue weighted by molar-refractivity contribution is 7.86. The molecule has 0 spiro atoms. The quantitative estimate of drug-likeness (QED) is 0.0757. The summed E-state index contributed by atoms with van der Waals surface area (Å²) in [4.78, 5) is 32.0. The third kappa shape index (κ3) is 6.25. The van der Waals surface area contributed by atoms with E-state index in [9.17, 15) is 46.2 Å². The Morgan fingerprint density at radius 3 is 2.24 bits per heavy atom. The molecule has 1 amide bonds. The first-order valence-electron chi connectivity index (χ1n) is 8.60. The van der Waals surface area contributed by atoms with Crippen LogP contribution in [0.4, 0.5) is 17.1 Å². The Morgan fingerprint density at radius 2 is 1.74 bits per heavy atom. The fraction of sp³-hybridized carbons (Fsp3) is 0.0588. The second-order valence-electron chi connectivity index (χ2n) is 6.31. The van der Waals surface area contributed by atoms with Crippen LogP contribution < -0.4 is 5.32 Å². The number of carbonyl (C=O) groups excluding carboxylic acids is 2. The molecule has 2 aromatic rings. The second-order valence-corrected chi connectivity index (χ2v) is 9.13. The summed E-state index contributed by atoms with van der Waals surface area (Å²) >= 11 is 0. The zero-order chi connectivity index (χ0) is 25.8. The number of hydrogen-bond donors (Lipinski definition) is 4. The first kappa shape index (κ1) is 26.2. The number of carbonyl (C=O) groups is 2. The lowest BCUT2D eigenvalue weighted by atomic mass is 10.2. The first-order chi connectivity index (χ1) is 15.6. The molecule has 15 nitrogen and oxygen atoms in total. The number of anilines is 1. The molecule has 34 heavy (non-hydrogen) atoms. The van der Waals surface area contributed by atoms with Gasteiger partial charge in [-0.15, -0.1) is 10.2 Å².